The lowest BCUT2D eigenvalue weighted by molar-refractivity contribution is 0.102. The molecule has 3 nitrogen and oxygen atoms in total. The number of nitrogens with one attached hydrogen (secondary N) is 2. The topological polar surface area (TPSA) is 41.1 Å². The summed E-state index contributed by atoms with van der Waals surface area (Å²) in [6, 6.07) is 25.4. The number of para-hydroxylation sites is 2. The minimum atomic E-state index is -0.124. The Morgan fingerprint density at radius 2 is 1.42 bits per heavy atom. The highest BCUT2D eigenvalue weighted by Gasteiger charge is 2.12. The highest BCUT2D eigenvalue weighted by molar-refractivity contribution is 7.99. The van der Waals surface area contributed by atoms with Crippen LogP contribution in [0.4, 0.5) is 11.4 Å². The summed E-state index contributed by atoms with van der Waals surface area (Å²) < 4.78 is 0. The van der Waals surface area contributed by atoms with Crippen molar-refractivity contribution in [3.8, 4) is 0 Å². The van der Waals surface area contributed by atoms with E-state index in [1.165, 1.54) is 0 Å². The fourth-order valence-electron chi connectivity index (χ4n) is 2.36. The number of hydrogen-bond acceptors (Lipinski definition) is 3. The van der Waals surface area contributed by atoms with Crippen molar-refractivity contribution in [3.05, 3.63) is 84.4 Å². The number of amides is 1. The van der Waals surface area contributed by atoms with Crippen LogP contribution in [-0.4, -0.2) is 13.0 Å². The summed E-state index contributed by atoms with van der Waals surface area (Å²) in [6.07, 6.45) is 0. The van der Waals surface area contributed by atoms with Gasteiger partial charge in [-0.15, -0.1) is 0 Å². The minimum Gasteiger partial charge on any atom is -0.387 e. The lowest BCUT2D eigenvalue weighted by Crippen LogP contribution is -2.14. The lowest BCUT2D eigenvalue weighted by atomic mass is 10.1. The van der Waals surface area contributed by atoms with Gasteiger partial charge in [0, 0.05) is 22.5 Å². The van der Waals surface area contributed by atoms with Crippen molar-refractivity contribution in [3.63, 3.8) is 0 Å². The van der Waals surface area contributed by atoms with Crippen LogP contribution in [0.3, 0.4) is 0 Å². The molecule has 0 radical (unpaired) electrons. The van der Waals surface area contributed by atoms with Crippen molar-refractivity contribution in [2.75, 3.05) is 17.7 Å². The number of carbonyl (C=O) groups is 1. The Balaban J connectivity index is 1.84. The maximum atomic E-state index is 12.6. The Bertz CT molecular complexity index is 834. The molecule has 0 aliphatic carbocycles. The van der Waals surface area contributed by atoms with Crippen LogP contribution in [0.1, 0.15) is 10.4 Å². The van der Waals surface area contributed by atoms with Gasteiger partial charge in [0.15, 0.2) is 0 Å². The third-order valence-electron chi connectivity index (χ3n) is 3.55. The number of anilines is 2. The molecule has 24 heavy (non-hydrogen) atoms. The summed E-state index contributed by atoms with van der Waals surface area (Å²) in [5.74, 6) is -0.124. The van der Waals surface area contributed by atoms with Gasteiger partial charge in [0.1, 0.15) is 0 Å². The Hall–Kier alpha value is -2.72. The molecular formula is C20H18N2OS. The largest absolute Gasteiger partial charge is 0.387 e. The van der Waals surface area contributed by atoms with Crippen LogP contribution >= 0.6 is 11.8 Å². The monoisotopic (exact) mass is 334 g/mol. The van der Waals surface area contributed by atoms with Crippen LogP contribution in [0.25, 0.3) is 0 Å². The smallest absolute Gasteiger partial charge is 0.257 e. The molecule has 3 rings (SSSR count). The first-order chi connectivity index (χ1) is 11.8. The first kappa shape index (κ1) is 16.1. The van der Waals surface area contributed by atoms with E-state index >= 15 is 0 Å². The molecule has 0 spiro atoms. The van der Waals surface area contributed by atoms with E-state index in [0.29, 0.717) is 5.56 Å². The van der Waals surface area contributed by atoms with Crippen molar-refractivity contribution >= 4 is 29.0 Å². The third kappa shape index (κ3) is 3.78. The van der Waals surface area contributed by atoms with Gasteiger partial charge in [0.2, 0.25) is 0 Å². The molecule has 3 aromatic rings. The van der Waals surface area contributed by atoms with E-state index in [1.807, 2.05) is 73.8 Å². The average Bonchev–Trinajstić information content (AvgIpc) is 2.64. The molecule has 0 bridgehead atoms. The van der Waals surface area contributed by atoms with E-state index in [-0.39, 0.29) is 5.91 Å². The second kappa shape index (κ2) is 7.70. The van der Waals surface area contributed by atoms with Crippen molar-refractivity contribution in [2.24, 2.45) is 0 Å². The molecular weight excluding hydrogens is 316 g/mol. The molecule has 4 heteroatoms. The predicted octanol–water partition coefficient (Wildman–Crippen LogP) is 5.13. The van der Waals surface area contributed by atoms with Gasteiger partial charge in [-0.1, -0.05) is 54.2 Å². The van der Waals surface area contributed by atoms with E-state index in [9.17, 15) is 4.79 Å². The van der Waals surface area contributed by atoms with Gasteiger partial charge in [-0.2, -0.15) is 0 Å². The van der Waals surface area contributed by atoms with Crippen LogP contribution in [0.5, 0.6) is 0 Å². The Labute approximate surface area is 146 Å². The fraction of sp³-hybridized carbons (Fsp3) is 0.0500. The normalized spacial score (nSPS) is 10.2. The SMILES string of the molecule is CNc1ccccc1C(=O)Nc1ccccc1Sc1ccccc1. The molecule has 2 N–H and O–H groups in total. The zero-order valence-corrected chi connectivity index (χ0v) is 14.1. The number of hydrogen-bond donors (Lipinski definition) is 2. The van der Waals surface area contributed by atoms with Gasteiger partial charge < -0.3 is 10.6 Å². The lowest BCUT2D eigenvalue weighted by Gasteiger charge is -2.13. The first-order valence-electron chi connectivity index (χ1n) is 7.68. The first-order valence-corrected chi connectivity index (χ1v) is 8.49. The molecule has 120 valence electrons. The standard InChI is InChI=1S/C20H18N2OS/c1-21-17-12-6-5-11-16(17)20(23)22-18-13-7-8-14-19(18)24-15-9-3-2-4-10-15/h2-14,21H,1H3,(H,22,23). The molecule has 0 heterocycles. The summed E-state index contributed by atoms with van der Waals surface area (Å²) in [7, 11) is 1.81. The predicted molar refractivity (Wildman–Crippen MR) is 101 cm³/mol. The minimum absolute atomic E-state index is 0.124. The number of carbonyl (C=O) groups excluding carboxylic acids is 1. The van der Waals surface area contributed by atoms with Crippen molar-refractivity contribution < 1.29 is 4.79 Å². The highest BCUT2D eigenvalue weighted by Crippen LogP contribution is 2.33. The highest BCUT2D eigenvalue weighted by atomic mass is 32.2. The fourth-order valence-corrected chi connectivity index (χ4v) is 3.29. The second-order valence-electron chi connectivity index (χ2n) is 5.16. The van der Waals surface area contributed by atoms with E-state index in [4.69, 9.17) is 0 Å². The molecule has 1 amide bonds. The Kier molecular flexibility index (Phi) is 5.18. The van der Waals surface area contributed by atoms with Crippen LogP contribution < -0.4 is 10.6 Å². The summed E-state index contributed by atoms with van der Waals surface area (Å²) in [4.78, 5) is 14.8. The summed E-state index contributed by atoms with van der Waals surface area (Å²) >= 11 is 1.63. The number of benzene rings is 3. The zero-order chi connectivity index (χ0) is 16.8. The maximum absolute atomic E-state index is 12.6. The number of rotatable bonds is 5. The third-order valence-corrected chi connectivity index (χ3v) is 4.63. The van der Waals surface area contributed by atoms with Crippen LogP contribution in [0.15, 0.2) is 88.7 Å². The molecule has 0 saturated heterocycles. The quantitative estimate of drug-likeness (QED) is 0.679. The summed E-state index contributed by atoms with van der Waals surface area (Å²) in [5, 5.41) is 6.07. The van der Waals surface area contributed by atoms with Gasteiger partial charge >= 0.3 is 0 Å². The Morgan fingerprint density at radius 1 is 0.792 bits per heavy atom. The van der Waals surface area contributed by atoms with Gasteiger partial charge in [-0.3, -0.25) is 4.79 Å². The Morgan fingerprint density at radius 3 is 2.17 bits per heavy atom. The van der Waals surface area contributed by atoms with Crippen LogP contribution in [0, 0.1) is 0 Å². The molecule has 0 aliphatic rings. The van der Waals surface area contributed by atoms with Crippen molar-refractivity contribution in [2.45, 2.75) is 9.79 Å². The molecule has 0 unspecified atom stereocenters. The van der Waals surface area contributed by atoms with E-state index < -0.39 is 0 Å². The van der Waals surface area contributed by atoms with Gasteiger partial charge in [-0.25, -0.2) is 0 Å². The molecule has 3 aromatic carbocycles. The second-order valence-corrected chi connectivity index (χ2v) is 6.28. The maximum Gasteiger partial charge on any atom is 0.257 e. The molecule has 0 fully saturated rings. The van der Waals surface area contributed by atoms with Crippen LogP contribution in [-0.2, 0) is 0 Å². The van der Waals surface area contributed by atoms with Gasteiger partial charge in [-0.05, 0) is 36.4 Å². The van der Waals surface area contributed by atoms with E-state index in [1.54, 1.807) is 11.8 Å². The zero-order valence-electron chi connectivity index (χ0n) is 13.3. The molecule has 0 atom stereocenters. The van der Waals surface area contributed by atoms with E-state index in [2.05, 4.69) is 22.8 Å². The summed E-state index contributed by atoms with van der Waals surface area (Å²) in [6.45, 7) is 0. The molecule has 0 aromatic heterocycles. The van der Waals surface area contributed by atoms with E-state index in [0.717, 1.165) is 21.2 Å². The van der Waals surface area contributed by atoms with Crippen LogP contribution in [0.2, 0.25) is 0 Å². The average molecular weight is 334 g/mol. The van der Waals surface area contributed by atoms with Crippen molar-refractivity contribution in [1.82, 2.24) is 0 Å². The molecule has 0 saturated carbocycles. The van der Waals surface area contributed by atoms with Crippen molar-refractivity contribution in [1.29, 1.82) is 0 Å². The summed E-state index contributed by atoms with van der Waals surface area (Å²) in [5.41, 5.74) is 2.24. The van der Waals surface area contributed by atoms with Gasteiger partial charge in [0.05, 0.1) is 11.3 Å². The van der Waals surface area contributed by atoms with Gasteiger partial charge in [0.25, 0.3) is 5.91 Å². The molecule has 0 aliphatic heterocycles.